The van der Waals surface area contributed by atoms with Gasteiger partial charge in [-0.3, -0.25) is 4.79 Å². The average molecular weight is 207 g/mol. The Balaban J connectivity index is 2.04. The van der Waals surface area contributed by atoms with Crippen LogP contribution in [0, 0.1) is 0 Å². The minimum atomic E-state index is 0.548. The molecule has 4 nitrogen and oxygen atoms in total. The standard InChI is InChI=1S/C11H17N3O/c1-13-5-3-2-4-10(13)7-14-9-12-6-11(14)8-15/h6,8-10H,2-5,7H2,1H3. The third-order valence-corrected chi connectivity index (χ3v) is 3.19. The van der Waals surface area contributed by atoms with Crippen molar-refractivity contribution in [3.8, 4) is 0 Å². The quantitative estimate of drug-likeness (QED) is 0.698. The molecule has 1 atom stereocenters. The Morgan fingerprint density at radius 2 is 2.47 bits per heavy atom. The molecule has 0 aromatic carbocycles. The highest BCUT2D eigenvalue weighted by molar-refractivity contribution is 5.71. The third-order valence-electron chi connectivity index (χ3n) is 3.19. The maximum atomic E-state index is 10.7. The van der Waals surface area contributed by atoms with E-state index in [2.05, 4.69) is 16.9 Å². The van der Waals surface area contributed by atoms with E-state index in [-0.39, 0.29) is 0 Å². The Bertz CT molecular complexity index is 334. The summed E-state index contributed by atoms with van der Waals surface area (Å²) in [5.41, 5.74) is 0.675. The second kappa shape index (κ2) is 4.57. The first-order chi connectivity index (χ1) is 7.31. The summed E-state index contributed by atoms with van der Waals surface area (Å²) < 4.78 is 1.94. The van der Waals surface area contributed by atoms with Gasteiger partial charge in [-0.1, -0.05) is 6.42 Å². The number of aromatic nitrogens is 2. The highest BCUT2D eigenvalue weighted by atomic mass is 16.1. The molecule has 1 aromatic heterocycles. The van der Waals surface area contributed by atoms with Gasteiger partial charge < -0.3 is 9.47 Å². The van der Waals surface area contributed by atoms with Crippen molar-refractivity contribution in [2.45, 2.75) is 31.8 Å². The van der Waals surface area contributed by atoms with E-state index in [0.29, 0.717) is 11.7 Å². The monoisotopic (exact) mass is 207 g/mol. The lowest BCUT2D eigenvalue weighted by molar-refractivity contribution is 0.111. The molecule has 0 N–H and O–H groups in total. The van der Waals surface area contributed by atoms with Crippen LogP contribution in [0.4, 0.5) is 0 Å². The number of carbonyl (C=O) groups excluding carboxylic acids is 1. The number of rotatable bonds is 3. The molecule has 0 aliphatic carbocycles. The Kier molecular flexibility index (Phi) is 3.16. The summed E-state index contributed by atoms with van der Waals surface area (Å²) in [5, 5.41) is 0. The van der Waals surface area contributed by atoms with Crippen molar-refractivity contribution < 1.29 is 4.79 Å². The summed E-state index contributed by atoms with van der Waals surface area (Å²) in [7, 11) is 2.15. The van der Waals surface area contributed by atoms with E-state index in [9.17, 15) is 4.79 Å². The molecule has 1 aromatic rings. The highest BCUT2D eigenvalue weighted by Gasteiger charge is 2.19. The zero-order valence-electron chi connectivity index (χ0n) is 9.09. The summed E-state index contributed by atoms with van der Waals surface area (Å²) in [4.78, 5) is 17.1. The fourth-order valence-electron chi connectivity index (χ4n) is 2.18. The van der Waals surface area contributed by atoms with Crippen molar-refractivity contribution in [1.29, 1.82) is 0 Å². The van der Waals surface area contributed by atoms with Crippen LogP contribution < -0.4 is 0 Å². The summed E-state index contributed by atoms with van der Waals surface area (Å²) in [6, 6.07) is 0.548. The second-order valence-electron chi connectivity index (χ2n) is 4.22. The molecule has 1 saturated heterocycles. The number of hydrogen-bond acceptors (Lipinski definition) is 3. The van der Waals surface area contributed by atoms with E-state index in [1.165, 1.54) is 19.3 Å². The van der Waals surface area contributed by atoms with Crippen molar-refractivity contribution in [2.24, 2.45) is 0 Å². The molecule has 0 spiro atoms. The van der Waals surface area contributed by atoms with Crippen molar-refractivity contribution in [1.82, 2.24) is 14.5 Å². The summed E-state index contributed by atoms with van der Waals surface area (Å²) >= 11 is 0. The first kappa shape index (κ1) is 10.4. The van der Waals surface area contributed by atoms with Crippen molar-refractivity contribution >= 4 is 6.29 Å². The van der Waals surface area contributed by atoms with Gasteiger partial charge in [0.2, 0.25) is 0 Å². The molecule has 1 fully saturated rings. The summed E-state index contributed by atoms with van der Waals surface area (Å²) in [6.45, 7) is 2.04. The van der Waals surface area contributed by atoms with Crippen LogP contribution in [0.5, 0.6) is 0 Å². The number of carbonyl (C=O) groups is 1. The molecule has 0 bridgehead atoms. The highest BCUT2D eigenvalue weighted by Crippen LogP contribution is 2.16. The van der Waals surface area contributed by atoms with E-state index in [4.69, 9.17) is 0 Å². The zero-order chi connectivity index (χ0) is 10.7. The Morgan fingerprint density at radius 1 is 1.60 bits per heavy atom. The van der Waals surface area contributed by atoms with Crippen LogP contribution in [0.15, 0.2) is 12.5 Å². The lowest BCUT2D eigenvalue weighted by Crippen LogP contribution is -2.39. The van der Waals surface area contributed by atoms with Gasteiger partial charge in [-0.15, -0.1) is 0 Å². The smallest absolute Gasteiger partial charge is 0.168 e. The van der Waals surface area contributed by atoms with Crippen molar-refractivity contribution in [2.75, 3.05) is 13.6 Å². The minimum absolute atomic E-state index is 0.548. The fourth-order valence-corrected chi connectivity index (χ4v) is 2.18. The van der Waals surface area contributed by atoms with Crippen LogP contribution in [-0.4, -0.2) is 40.4 Å². The van der Waals surface area contributed by atoms with Gasteiger partial charge in [0, 0.05) is 12.6 Å². The number of aldehydes is 1. The van der Waals surface area contributed by atoms with Gasteiger partial charge >= 0.3 is 0 Å². The van der Waals surface area contributed by atoms with E-state index >= 15 is 0 Å². The van der Waals surface area contributed by atoms with Gasteiger partial charge in [0.15, 0.2) is 6.29 Å². The number of nitrogens with zero attached hydrogens (tertiary/aromatic N) is 3. The van der Waals surface area contributed by atoms with E-state index in [1.807, 2.05) is 4.57 Å². The molecule has 4 heteroatoms. The second-order valence-corrected chi connectivity index (χ2v) is 4.22. The molecule has 2 heterocycles. The fraction of sp³-hybridized carbons (Fsp3) is 0.636. The lowest BCUT2D eigenvalue weighted by Gasteiger charge is -2.32. The van der Waals surface area contributed by atoms with Crippen LogP contribution in [0.1, 0.15) is 29.8 Å². The number of imidazole rings is 1. The minimum Gasteiger partial charge on any atom is -0.327 e. The molecule has 1 unspecified atom stereocenters. The SMILES string of the molecule is CN1CCCCC1Cn1cncc1C=O. The molecule has 82 valence electrons. The molecule has 15 heavy (non-hydrogen) atoms. The van der Waals surface area contributed by atoms with Gasteiger partial charge in [-0.2, -0.15) is 0 Å². The predicted molar refractivity (Wildman–Crippen MR) is 57.9 cm³/mol. The average Bonchev–Trinajstić information content (AvgIpc) is 2.69. The van der Waals surface area contributed by atoms with Gasteiger partial charge in [0.25, 0.3) is 0 Å². The van der Waals surface area contributed by atoms with Crippen LogP contribution >= 0.6 is 0 Å². The topological polar surface area (TPSA) is 38.1 Å². The zero-order valence-corrected chi connectivity index (χ0v) is 9.09. The molecular formula is C11H17N3O. The van der Waals surface area contributed by atoms with Crippen LogP contribution in [0.25, 0.3) is 0 Å². The summed E-state index contributed by atoms with van der Waals surface area (Å²) in [5.74, 6) is 0. The van der Waals surface area contributed by atoms with Gasteiger partial charge in [0.05, 0.1) is 12.5 Å². The molecule has 1 aliphatic rings. The molecule has 1 aliphatic heterocycles. The predicted octanol–water partition coefficient (Wildman–Crippen LogP) is 1.18. The maximum absolute atomic E-state index is 10.7. The molecule has 0 saturated carbocycles. The number of piperidine rings is 1. The Hall–Kier alpha value is -1.16. The Labute approximate surface area is 89.9 Å². The van der Waals surface area contributed by atoms with Gasteiger partial charge in [-0.25, -0.2) is 4.98 Å². The first-order valence-corrected chi connectivity index (χ1v) is 5.47. The number of likely N-dealkylation sites (tertiary alicyclic amines) is 1. The first-order valence-electron chi connectivity index (χ1n) is 5.47. The van der Waals surface area contributed by atoms with Crippen LogP contribution in [-0.2, 0) is 6.54 Å². The molecule has 2 rings (SSSR count). The van der Waals surface area contributed by atoms with Crippen LogP contribution in [0.2, 0.25) is 0 Å². The maximum Gasteiger partial charge on any atom is 0.168 e. The van der Waals surface area contributed by atoms with E-state index in [1.54, 1.807) is 12.5 Å². The van der Waals surface area contributed by atoms with Crippen molar-refractivity contribution in [3.63, 3.8) is 0 Å². The van der Waals surface area contributed by atoms with Gasteiger partial charge in [0.1, 0.15) is 5.69 Å². The molecule has 0 amide bonds. The number of hydrogen-bond donors (Lipinski definition) is 0. The number of likely N-dealkylation sites (N-methyl/N-ethyl adjacent to an activating group) is 1. The Morgan fingerprint density at radius 3 is 3.20 bits per heavy atom. The lowest BCUT2D eigenvalue weighted by atomic mass is 10.0. The third kappa shape index (κ3) is 2.26. The van der Waals surface area contributed by atoms with E-state index in [0.717, 1.165) is 19.4 Å². The van der Waals surface area contributed by atoms with Gasteiger partial charge in [-0.05, 0) is 26.4 Å². The molecule has 0 radical (unpaired) electrons. The largest absolute Gasteiger partial charge is 0.327 e. The normalized spacial score (nSPS) is 22.9. The van der Waals surface area contributed by atoms with Crippen molar-refractivity contribution in [3.05, 3.63) is 18.2 Å². The van der Waals surface area contributed by atoms with E-state index < -0.39 is 0 Å². The summed E-state index contributed by atoms with van der Waals surface area (Å²) in [6.07, 6.45) is 8.03. The molecular weight excluding hydrogens is 190 g/mol. The van der Waals surface area contributed by atoms with Crippen LogP contribution in [0.3, 0.4) is 0 Å².